The summed E-state index contributed by atoms with van der Waals surface area (Å²) in [5.74, 6) is -0.170. The summed E-state index contributed by atoms with van der Waals surface area (Å²) < 4.78 is 0. The zero-order valence-electron chi connectivity index (χ0n) is 13.5. The van der Waals surface area contributed by atoms with Crippen molar-refractivity contribution in [3.63, 3.8) is 0 Å². The van der Waals surface area contributed by atoms with E-state index >= 15 is 0 Å². The van der Waals surface area contributed by atoms with Crippen LogP contribution in [0, 0.1) is 0 Å². The Hall–Kier alpha value is -2.26. The summed E-state index contributed by atoms with van der Waals surface area (Å²) in [6.07, 6.45) is 5.85. The van der Waals surface area contributed by atoms with E-state index in [1.54, 1.807) is 24.3 Å². The van der Waals surface area contributed by atoms with E-state index < -0.39 is 0 Å². The average Bonchev–Trinajstić information content (AvgIpc) is 2.64. The van der Waals surface area contributed by atoms with Crippen molar-refractivity contribution >= 4 is 23.2 Å². The molecule has 2 aromatic rings. The lowest BCUT2D eigenvalue weighted by Crippen LogP contribution is -2.36. The zero-order chi connectivity index (χ0) is 16.8. The Morgan fingerprint density at radius 2 is 1.46 bits per heavy atom. The lowest BCUT2D eigenvalue weighted by atomic mass is 9.91. The second-order valence-corrected chi connectivity index (χ2v) is 6.43. The fourth-order valence-corrected chi connectivity index (χ4v) is 3.12. The minimum absolute atomic E-state index is 0.170. The first-order valence-corrected chi connectivity index (χ1v) is 8.71. The van der Waals surface area contributed by atoms with Crippen LogP contribution in [-0.2, 0) is 0 Å². The van der Waals surface area contributed by atoms with E-state index in [4.69, 9.17) is 11.6 Å². The average molecular weight is 341 g/mol. The van der Waals surface area contributed by atoms with Crippen molar-refractivity contribution in [1.29, 1.82) is 0 Å². The second kappa shape index (κ2) is 8.02. The van der Waals surface area contributed by atoms with Crippen molar-refractivity contribution in [2.45, 2.75) is 32.1 Å². The molecule has 0 saturated heterocycles. The van der Waals surface area contributed by atoms with Gasteiger partial charge in [-0.3, -0.25) is 15.6 Å². The maximum absolute atomic E-state index is 12.3. The molecule has 1 aliphatic rings. The summed E-state index contributed by atoms with van der Waals surface area (Å²) in [7, 11) is 0. The predicted molar refractivity (Wildman–Crippen MR) is 98.5 cm³/mol. The van der Waals surface area contributed by atoms with Gasteiger partial charge in [-0.15, -0.1) is 0 Å². The van der Waals surface area contributed by atoms with Gasteiger partial charge in [-0.05, 0) is 61.1 Å². The number of hydrogen-bond donors (Lipinski definition) is 2. The Morgan fingerprint density at radius 1 is 0.792 bits per heavy atom. The molecule has 2 aromatic carbocycles. The van der Waals surface area contributed by atoms with Crippen molar-refractivity contribution < 1.29 is 4.79 Å². The minimum atomic E-state index is -0.170. The van der Waals surface area contributed by atoms with Crippen molar-refractivity contribution in [2.24, 2.45) is 0 Å². The topological polar surface area (TPSA) is 41.1 Å². The Bertz CT molecular complexity index is 715. The Labute approximate surface area is 147 Å². The first kappa shape index (κ1) is 16.6. The van der Waals surface area contributed by atoms with E-state index in [-0.39, 0.29) is 5.91 Å². The monoisotopic (exact) mass is 340 g/mol. The molecular formula is C20H21ClN2O. The molecule has 3 rings (SSSR count). The van der Waals surface area contributed by atoms with Crippen LogP contribution in [-0.4, -0.2) is 5.91 Å². The van der Waals surface area contributed by atoms with Gasteiger partial charge in [0.05, 0.1) is 5.70 Å². The van der Waals surface area contributed by atoms with Gasteiger partial charge in [0, 0.05) is 10.6 Å². The number of amides is 1. The normalized spacial score (nSPS) is 14.1. The largest absolute Gasteiger partial charge is 0.298 e. The van der Waals surface area contributed by atoms with Crippen LogP contribution < -0.4 is 10.9 Å². The van der Waals surface area contributed by atoms with Crippen molar-refractivity contribution in [3.8, 4) is 0 Å². The SMILES string of the molecule is O=C(NNC(=C1CCCCC1)c1ccccc1)c1ccc(Cl)cc1. The highest BCUT2D eigenvalue weighted by Crippen LogP contribution is 2.28. The summed E-state index contributed by atoms with van der Waals surface area (Å²) in [6.45, 7) is 0. The number of allylic oxidation sites excluding steroid dienone is 1. The number of carbonyl (C=O) groups excluding carboxylic acids is 1. The van der Waals surface area contributed by atoms with Gasteiger partial charge < -0.3 is 0 Å². The van der Waals surface area contributed by atoms with E-state index in [0.717, 1.165) is 24.1 Å². The van der Waals surface area contributed by atoms with Gasteiger partial charge in [-0.2, -0.15) is 0 Å². The molecule has 4 heteroatoms. The smallest absolute Gasteiger partial charge is 0.269 e. The maximum atomic E-state index is 12.3. The molecule has 0 unspecified atom stereocenters. The number of carbonyl (C=O) groups is 1. The molecule has 3 nitrogen and oxygen atoms in total. The van der Waals surface area contributed by atoms with Gasteiger partial charge >= 0.3 is 0 Å². The van der Waals surface area contributed by atoms with E-state index in [9.17, 15) is 4.79 Å². The van der Waals surface area contributed by atoms with E-state index in [0.29, 0.717) is 10.6 Å². The van der Waals surface area contributed by atoms with E-state index in [1.165, 1.54) is 24.8 Å². The maximum Gasteiger partial charge on any atom is 0.269 e. The van der Waals surface area contributed by atoms with E-state index in [2.05, 4.69) is 23.0 Å². The highest BCUT2D eigenvalue weighted by atomic mass is 35.5. The molecule has 1 fully saturated rings. The molecule has 0 spiro atoms. The van der Waals surface area contributed by atoms with Crippen molar-refractivity contribution in [1.82, 2.24) is 10.9 Å². The lowest BCUT2D eigenvalue weighted by Gasteiger charge is -2.21. The Morgan fingerprint density at radius 3 is 2.12 bits per heavy atom. The van der Waals surface area contributed by atoms with Crippen LogP contribution in [0.25, 0.3) is 5.70 Å². The molecule has 0 radical (unpaired) electrons. The number of benzene rings is 2. The van der Waals surface area contributed by atoms with Crippen LogP contribution in [0.15, 0.2) is 60.2 Å². The Kier molecular flexibility index (Phi) is 5.55. The van der Waals surface area contributed by atoms with E-state index in [1.807, 2.05) is 18.2 Å². The second-order valence-electron chi connectivity index (χ2n) is 5.99. The number of hydrazine groups is 1. The number of halogens is 1. The molecule has 124 valence electrons. The molecule has 2 N–H and O–H groups in total. The quantitative estimate of drug-likeness (QED) is 0.773. The number of rotatable bonds is 4. The third-order valence-electron chi connectivity index (χ3n) is 4.28. The van der Waals surface area contributed by atoms with Gasteiger partial charge in [-0.25, -0.2) is 0 Å². The van der Waals surface area contributed by atoms with Crippen LogP contribution in [0.2, 0.25) is 5.02 Å². The fraction of sp³-hybridized carbons (Fsp3) is 0.250. The van der Waals surface area contributed by atoms with Crippen LogP contribution in [0.5, 0.6) is 0 Å². The molecular weight excluding hydrogens is 320 g/mol. The summed E-state index contributed by atoms with van der Waals surface area (Å²) in [5.41, 5.74) is 10.1. The minimum Gasteiger partial charge on any atom is -0.298 e. The van der Waals surface area contributed by atoms with Crippen LogP contribution >= 0.6 is 11.6 Å². The summed E-state index contributed by atoms with van der Waals surface area (Å²) in [6, 6.07) is 17.0. The lowest BCUT2D eigenvalue weighted by molar-refractivity contribution is 0.0942. The van der Waals surface area contributed by atoms with Gasteiger partial charge in [-0.1, -0.05) is 48.4 Å². The molecule has 1 aliphatic carbocycles. The van der Waals surface area contributed by atoms with Crippen molar-refractivity contribution in [2.75, 3.05) is 0 Å². The number of nitrogens with one attached hydrogen (secondary N) is 2. The van der Waals surface area contributed by atoms with Crippen LogP contribution in [0.1, 0.15) is 48.0 Å². The highest BCUT2D eigenvalue weighted by molar-refractivity contribution is 6.30. The molecule has 1 saturated carbocycles. The first-order chi connectivity index (χ1) is 11.7. The van der Waals surface area contributed by atoms with Crippen LogP contribution in [0.4, 0.5) is 0 Å². The molecule has 0 bridgehead atoms. The van der Waals surface area contributed by atoms with Gasteiger partial charge in [0.1, 0.15) is 0 Å². The Balaban J connectivity index is 1.77. The third-order valence-corrected chi connectivity index (χ3v) is 4.53. The van der Waals surface area contributed by atoms with Gasteiger partial charge in [0.15, 0.2) is 0 Å². The molecule has 0 aromatic heterocycles. The molecule has 24 heavy (non-hydrogen) atoms. The van der Waals surface area contributed by atoms with Gasteiger partial charge in [0.25, 0.3) is 5.91 Å². The zero-order valence-corrected chi connectivity index (χ0v) is 14.3. The molecule has 0 heterocycles. The van der Waals surface area contributed by atoms with Gasteiger partial charge in [0.2, 0.25) is 0 Å². The number of hydrogen-bond acceptors (Lipinski definition) is 2. The summed E-state index contributed by atoms with van der Waals surface area (Å²) >= 11 is 5.87. The first-order valence-electron chi connectivity index (χ1n) is 8.33. The summed E-state index contributed by atoms with van der Waals surface area (Å²) in [5, 5.41) is 0.619. The molecule has 1 amide bonds. The fourth-order valence-electron chi connectivity index (χ4n) is 2.99. The molecule has 0 aliphatic heterocycles. The van der Waals surface area contributed by atoms with Crippen LogP contribution in [0.3, 0.4) is 0 Å². The predicted octanol–water partition coefficient (Wildman–Crippen LogP) is 4.95. The van der Waals surface area contributed by atoms with Crippen molar-refractivity contribution in [3.05, 3.63) is 76.3 Å². The molecule has 0 atom stereocenters. The summed E-state index contributed by atoms with van der Waals surface area (Å²) in [4.78, 5) is 12.3. The highest BCUT2D eigenvalue weighted by Gasteiger charge is 2.14. The standard InChI is InChI=1S/C20H21ClN2O/c21-18-13-11-17(12-14-18)20(24)23-22-19(15-7-3-1-4-8-15)16-9-5-2-6-10-16/h1,3-4,7-8,11-14,22H,2,5-6,9-10H2,(H,23,24). The third kappa shape index (κ3) is 4.18.